The molecular weight excluding hydrogens is 412 g/mol. The van der Waals surface area contributed by atoms with Crippen LogP contribution in [0.3, 0.4) is 0 Å². The van der Waals surface area contributed by atoms with Crippen LogP contribution in [0.15, 0.2) is 53.5 Å². The van der Waals surface area contributed by atoms with Crippen LogP contribution in [0.25, 0.3) is 0 Å². The Morgan fingerprint density at radius 1 is 1.09 bits per heavy atom. The topological polar surface area (TPSA) is 57.2 Å². The molecule has 1 atom stereocenters. The van der Waals surface area contributed by atoms with Crippen molar-refractivity contribution < 1.29 is 9.53 Å². The Bertz CT molecular complexity index is 957. The number of carbonyl (C=O) groups is 1. The lowest BCUT2D eigenvalue weighted by molar-refractivity contribution is -0.132. The van der Waals surface area contributed by atoms with Crippen molar-refractivity contribution in [3.63, 3.8) is 0 Å². The molecule has 2 aromatic carbocycles. The first kappa shape index (κ1) is 23.1. The number of hydrogen-bond donors (Lipinski definition) is 1. The van der Waals surface area contributed by atoms with E-state index < -0.39 is 0 Å². The summed E-state index contributed by atoms with van der Waals surface area (Å²) in [7, 11) is 1.70. The molecule has 0 aromatic heterocycles. The van der Waals surface area contributed by atoms with E-state index in [9.17, 15) is 4.79 Å². The summed E-state index contributed by atoms with van der Waals surface area (Å²) in [5, 5.41) is 3.44. The van der Waals surface area contributed by atoms with Gasteiger partial charge in [0, 0.05) is 51.6 Å². The SMILES string of the molecule is CCNC(=NCCCC(=O)N1CCc2ccccc2C1)N1CCC(c2ccc(OC)cc2)C1. The molecule has 6 heteroatoms. The van der Waals surface area contributed by atoms with Crippen molar-refractivity contribution in [1.29, 1.82) is 0 Å². The first-order chi connectivity index (χ1) is 16.2. The first-order valence-electron chi connectivity index (χ1n) is 12.2. The van der Waals surface area contributed by atoms with Gasteiger partial charge in [-0.05, 0) is 55.0 Å². The van der Waals surface area contributed by atoms with E-state index >= 15 is 0 Å². The molecule has 0 bridgehead atoms. The summed E-state index contributed by atoms with van der Waals surface area (Å²) in [5.41, 5.74) is 4.01. The van der Waals surface area contributed by atoms with Gasteiger partial charge in [0.2, 0.25) is 5.91 Å². The van der Waals surface area contributed by atoms with Gasteiger partial charge in [-0.25, -0.2) is 0 Å². The maximum atomic E-state index is 12.7. The monoisotopic (exact) mass is 448 g/mol. The lowest BCUT2D eigenvalue weighted by atomic mass is 9.98. The van der Waals surface area contributed by atoms with Crippen LogP contribution in [0.5, 0.6) is 5.75 Å². The number of ether oxygens (including phenoxy) is 1. The van der Waals surface area contributed by atoms with E-state index in [4.69, 9.17) is 9.73 Å². The summed E-state index contributed by atoms with van der Waals surface area (Å²) < 4.78 is 5.28. The van der Waals surface area contributed by atoms with E-state index in [1.807, 2.05) is 17.0 Å². The van der Waals surface area contributed by atoms with E-state index in [1.165, 1.54) is 16.7 Å². The lowest BCUT2D eigenvalue weighted by Gasteiger charge is -2.29. The zero-order valence-corrected chi connectivity index (χ0v) is 19.9. The summed E-state index contributed by atoms with van der Waals surface area (Å²) in [6.45, 7) is 7.13. The van der Waals surface area contributed by atoms with Crippen LogP contribution in [-0.4, -0.2) is 61.5 Å². The summed E-state index contributed by atoms with van der Waals surface area (Å²) >= 11 is 0. The van der Waals surface area contributed by atoms with Gasteiger partial charge in [0.25, 0.3) is 0 Å². The lowest BCUT2D eigenvalue weighted by Crippen LogP contribution is -2.40. The molecule has 0 aliphatic carbocycles. The Morgan fingerprint density at radius 3 is 2.64 bits per heavy atom. The molecular formula is C27H36N4O2. The van der Waals surface area contributed by atoms with Crippen molar-refractivity contribution in [3.8, 4) is 5.75 Å². The zero-order chi connectivity index (χ0) is 23.0. The van der Waals surface area contributed by atoms with Crippen LogP contribution >= 0.6 is 0 Å². The third kappa shape index (κ3) is 5.86. The Morgan fingerprint density at radius 2 is 1.88 bits per heavy atom. The first-order valence-corrected chi connectivity index (χ1v) is 12.2. The molecule has 6 nitrogen and oxygen atoms in total. The fourth-order valence-electron chi connectivity index (χ4n) is 4.81. The number of methoxy groups -OCH3 is 1. The zero-order valence-electron chi connectivity index (χ0n) is 19.9. The molecule has 1 amide bonds. The number of guanidine groups is 1. The molecule has 1 fully saturated rings. The number of nitrogens with one attached hydrogen (secondary N) is 1. The summed E-state index contributed by atoms with van der Waals surface area (Å²) in [6.07, 6.45) is 3.40. The average molecular weight is 449 g/mol. The Hall–Kier alpha value is -3.02. The van der Waals surface area contributed by atoms with Crippen molar-refractivity contribution in [2.45, 2.75) is 45.1 Å². The molecule has 2 heterocycles. The molecule has 176 valence electrons. The second kappa shape index (κ2) is 11.2. The van der Waals surface area contributed by atoms with Crippen molar-refractivity contribution >= 4 is 11.9 Å². The molecule has 4 rings (SSSR count). The molecule has 2 aromatic rings. The van der Waals surface area contributed by atoms with Crippen LogP contribution < -0.4 is 10.1 Å². The summed E-state index contributed by atoms with van der Waals surface area (Å²) in [6, 6.07) is 16.9. The van der Waals surface area contributed by atoms with E-state index in [0.29, 0.717) is 18.9 Å². The number of amides is 1. The molecule has 2 aliphatic rings. The predicted molar refractivity (Wildman–Crippen MR) is 133 cm³/mol. The van der Waals surface area contributed by atoms with Gasteiger partial charge in [0.05, 0.1) is 7.11 Å². The molecule has 2 aliphatic heterocycles. The van der Waals surface area contributed by atoms with Crippen molar-refractivity contribution in [2.75, 3.05) is 39.8 Å². The predicted octanol–water partition coefficient (Wildman–Crippen LogP) is 3.82. The minimum absolute atomic E-state index is 0.241. The number of rotatable bonds is 7. The smallest absolute Gasteiger partial charge is 0.222 e. The number of benzene rings is 2. The maximum absolute atomic E-state index is 12.7. The van der Waals surface area contributed by atoms with Gasteiger partial charge in [-0.15, -0.1) is 0 Å². The van der Waals surface area contributed by atoms with Crippen LogP contribution in [-0.2, 0) is 17.8 Å². The van der Waals surface area contributed by atoms with Crippen LogP contribution in [0.4, 0.5) is 0 Å². The number of nitrogens with zero attached hydrogens (tertiary/aromatic N) is 3. The molecule has 0 radical (unpaired) electrons. The Kier molecular flexibility index (Phi) is 7.87. The molecule has 1 unspecified atom stereocenters. The number of carbonyl (C=O) groups excluding carboxylic acids is 1. The van der Waals surface area contributed by atoms with E-state index in [2.05, 4.69) is 53.5 Å². The molecule has 1 saturated heterocycles. The summed E-state index contributed by atoms with van der Waals surface area (Å²) in [5.74, 6) is 2.61. The number of likely N-dealkylation sites (tertiary alicyclic amines) is 1. The van der Waals surface area contributed by atoms with Crippen LogP contribution in [0.2, 0.25) is 0 Å². The summed E-state index contributed by atoms with van der Waals surface area (Å²) in [4.78, 5) is 21.9. The van der Waals surface area contributed by atoms with E-state index in [0.717, 1.165) is 63.7 Å². The number of aliphatic imine (C=N–C) groups is 1. The third-order valence-corrected chi connectivity index (χ3v) is 6.70. The molecule has 0 spiro atoms. The highest BCUT2D eigenvalue weighted by Gasteiger charge is 2.26. The van der Waals surface area contributed by atoms with Crippen molar-refractivity contribution in [2.24, 2.45) is 4.99 Å². The van der Waals surface area contributed by atoms with E-state index in [-0.39, 0.29) is 5.91 Å². The highest BCUT2D eigenvalue weighted by molar-refractivity contribution is 5.80. The second-order valence-corrected chi connectivity index (χ2v) is 8.88. The minimum atomic E-state index is 0.241. The quantitative estimate of drug-likeness (QED) is 0.398. The minimum Gasteiger partial charge on any atom is -0.497 e. The number of fused-ring (bicyclic) bond motifs is 1. The van der Waals surface area contributed by atoms with Gasteiger partial charge in [-0.1, -0.05) is 36.4 Å². The van der Waals surface area contributed by atoms with Gasteiger partial charge >= 0.3 is 0 Å². The van der Waals surface area contributed by atoms with Gasteiger partial charge < -0.3 is 19.9 Å². The molecule has 1 N–H and O–H groups in total. The fraction of sp³-hybridized carbons (Fsp3) is 0.481. The Balaban J connectivity index is 1.26. The largest absolute Gasteiger partial charge is 0.497 e. The van der Waals surface area contributed by atoms with Crippen molar-refractivity contribution in [1.82, 2.24) is 15.1 Å². The third-order valence-electron chi connectivity index (χ3n) is 6.70. The second-order valence-electron chi connectivity index (χ2n) is 8.88. The van der Waals surface area contributed by atoms with Gasteiger partial charge in [0.15, 0.2) is 5.96 Å². The Labute approximate surface area is 197 Å². The molecule has 33 heavy (non-hydrogen) atoms. The molecule has 0 saturated carbocycles. The van der Waals surface area contributed by atoms with Crippen LogP contribution in [0, 0.1) is 0 Å². The van der Waals surface area contributed by atoms with Gasteiger partial charge in [-0.2, -0.15) is 0 Å². The standard InChI is InChI=1S/C27H36N4O2/c1-3-28-27(31-18-15-24(20-31)22-10-12-25(33-2)13-11-22)29-16-6-9-26(32)30-17-14-21-7-4-5-8-23(21)19-30/h4-5,7-8,10-13,24H,3,6,9,14-20H2,1-2H3,(H,28,29). The van der Waals surface area contributed by atoms with E-state index in [1.54, 1.807) is 7.11 Å². The highest BCUT2D eigenvalue weighted by atomic mass is 16.5. The maximum Gasteiger partial charge on any atom is 0.222 e. The highest BCUT2D eigenvalue weighted by Crippen LogP contribution is 2.28. The average Bonchev–Trinajstić information content (AvgIpc) is 3.35. The number of hydrogen-bond acceptors (Lipinski definition) is 3. The fourth-order valence-corrected chi connectivity index (χ4v) is 4.81. The van der Waals surface area contributed by atoms with Gasteiger partial charge in [0.1, 0.15) is 5.75 Å². The normalized spacial score (nSPS) is 18.2. The van der Waals surface area contributed by atoms with Gasteiger partial charge in [-0.3, -0.25) is 9.79 Å². The van der Waals surface area contributed by atoms with Crippen LogP contribution in [0.1, 0.15) is 48.8 Å². The van der Waals surface area contributed by atoms with Crippen molar-refractivity contribution in [3.05, 3.63) is 65.2 Å².